The van der Waals surface area contributed by atoms with E-state index >= 15 is 4.39 Å². The van der Waals surface area contributed by atoms with Crippen LogP contribution in [-0.2, 0) is 32.8 Å². The van der Waals surface area contributed by atoms with Gasteiger partial charge in [-0.3, -0.25) is 33.9 Å². The van der Waals surface area contributed by atoms with Crippen molar-refractivity contribution in [2.75, 3.05) is 26.2 Å². The summed E-state index contributed by atoms with van der Waals surface area (Å²) in [6, 6.07) is 9.02. The highest BCUT2D eigenvalue weighted by molar-refractivity contribution is 5.99. The first-order valence-corrected chi connectivity index (χ1v) is 15.7. The highest BCUT2D eigenvalue weighted by Crippen LogP contribution is 2.40. The number of aliphatic carboxylic acids is 1. The predicted octanol–water partition coefficient (Wildman–Crippen LogP) is 2.55. The maximum Gasteiger partial charge on any atom is 0.322 e. The van der Waals surface area contributed by atoms with E-state index in [0.717, 1.165) is 5.39 Å². The number of nitrogens with one attached hydrogen (secondary N) is 2. The number of carbonyl (C=O) groups excluding carboxylic acids is 3. The number of aliphatic hydroxyl groups is 1. The van der Waals surface area contributed by atoms with Crippen LogP contribution in [0.2, 0.25) is 0 Å². The van der Waals surface area contributed by atoms with Gasteiger partial charge >= 0.3 is 5.97 Å². The van der Waals surface area contributed by atoms with Gasteiger partial charge in [-0.2, -0.15) is 10.2 Å². The average Bonchev–Trinajstić information content (AvgIpc) is 3.62. The minimum absolute atomic E-state index is 0.0450. The Labute approximate surface area is 270 Å². The maximum atomic E-state index is 16.1. The molecule has 1 aliphatic heterocycles. The van der Waals surface area contributed by atoms with Gasteiger partial charge in [0.1, 0.15) is 24.1 Å². The number of carboxylic acids is 1. The average molecular weight is 650 g/mol. The van der Waals surface area contributed by atoms with Crippen molar-refractivity contribution in [3.05, 3.63) is 48.0 Å². The van der Waals surface area contributed by atoms with Gasteiger partial charge in [0.05, 0.1) is 30.5 Å². The number of benzene rings is 2. The number of nitrogens with zero attached hydrogens (tertiary/aromatic N) is 5. The Bertz CT molecular complexity index is 1810. The Kier molecular flexibility index (Phi) is 10.3. The van der Waals surface area contributed by atoms with Crippen LogP contribution in [0.25, 0.3) is 32.9 Å². The molecule has 1 aliphatic rings. The number of carboxylic acid groups (broad SMARTS) is 1. The lowest BCUT2D eigenvalue weighted by molar-refractivity contribution is -0.137. The van der Waals surface area contributed by atoms with Gasteiger partial charge in [0.25, 0.3) is 0 Å². The molecule has 0 aliphatic carbocycles. The number of halogens is 1. The summed E-state index contributed by atoms with van der Waals surface area (Å²) in [7, 11) is 1.68. The van der Waals surface area contributed by atoms with E-state index in [4.69, 9.17) is 10.2 Å². The molecule has 5 rings (SSSR count). The summed E-state index contributed by atoms with van der Waals surface area (Å²) < 4.78 is 19.2. The number of carbonyl (C=O) groups is 4. The van der Waals surface area contributed by atoms with Gasteiger partial charge in [0.2, 0.25) is 11.8 Å². The molecule has 0 saturated carbocycles. The predicted molar refractivity (Wildman–Crippen MR) is 172 cm³/mol. The van der Waals surface area contributed by atoms with Crippen molar-refractivity contribution in [1.29, 1.82) is 0 Å². The Balaban J connectivity index is 1.44. The van der Waals surface area contributed by atoms with Crippen molar-refractivity contribution in [3.63, 3.8) is 0 Å². The molecule has 250 valence electrons. The molecule has 2 aromatic heterocycles. The molecule has 13 nitrogen and oxygen atoms in total. The van der Waals surface area contributed by atoms with Crippen LogP contribution in [-0.4, -0.2) is 90.6 Å². The van der Waals surface area contributed by atoms with Gasteiger partial charge in [0, 0.05) is 61.2 Å². The van der Waals surface area contributed by atoms with Crippen molar-refractivity contribution < 1.29 is 33.8 Å². The van der Waals surface area contributed by atoms with Gasteiger partial charge < -0.3 is 20.4 Å². The van der Waals surface area contributed by atoms with E-state index in [1.807, 2.05) is 32.0 Å². The highest BCUT2D eigenvalue weighted by Gasteiger charge is 2.30. The zero-order chi connectivity index (χ0) is 33.8. The smallest absolute Gasteiger partial charge is 0.322 e. The number of hydrogen-bond donors (Lipinski definition) is 4. The second-order valence-electron chi connectivity index (χ2n) is 12.2. The Morgan fingerprint density at radius 2 is 1.79 bits per heavy atom. The summed E-state index contributed by atoms with van der Waals surface area (Å²) in [6.07, 6.45) is 2.02. The van der Waals surface area contributed by atoms with Crippen LogP contribution < -0.4 is 10.6 Å². The molecule has 1 fully saturated rings. The van der Waals surface area contributed by atoms with Crippen LogP contribution in [0.1, 0.15) is 51.1 Å². The van der Waals surface area contributed by atoms with Crippen LogP contribution >= 0.6 is 0 Å². The number of fused-ring (bicyclic) bond motifs is 2. The van der Waals surface area contributed by atoms with Crippen LogP contribution in [0.4, 0.5) is 4.39 Å². The van der Waals surface area contributed by atoms with Crippen molar-refractivity contribution in [2.45, 2.75) is 58.2 Å². The lowest BCUT2D eigenvalue weighted by Crippen LogP contribution is -2.42. The zero-order valence-electron chi connectivity index (χ0n) is 26.7. The second-order valence-corrected chi connectivity index (χ2v) is 12.2. The number of ketones is 1. The third-order valence-corrected chi connectivity index (χ3v) is 8.68. The number of aromatic nitrogens is 4. The number of likely N-dealkylation sites (tertiary alicyclic amines) is 1. The molecule has 0 radical (unpaired) electrons. The standard InChI is InChI=1S/C33H40FN7O6/c1-19(2)25(42)9-10-28(45)40-13-11-20(12-14-40)32-30-22(23-8-7-21-15-37-39(3)33(21)31(23)34)5-4-6-24(30)41(38-32)18-27(44)35-16-26(43)36-17-29(46)47/h4-8,15,19-20,27,35,44H,9-14,16-18H2,1-3H3,(H,36,43)(H,46,47). The first-order chi connectivity index (χ1) is 22.4. The molecule has 47 heavy (non-hydrogen) atoms. The normalized spacial score (nSPS) is 14.6. The van der Waals surface area contributed by atoms with E-state index < -0.39 is 30.5 Å². The molecule has 1 unspecified atom stereocenters. The zero-order valence-corrected chi connectivity index (χ0v) is 26.7. The molecule has 1 saturated heterocycles. The summed E-state index contributed by atoms with van der Waals surface area (Å²) in [6.45, 7) is 3.74. The molecule has 2 aromatic carbocycles. The lowest BCUT2D eigenvalue weighted by Gasteiger charge is -2.31. The topological polar surface area (TPSA) is 172 Å². The van der Waals surface area contributed by atoms with Gasteiger partial charge in [-0.1, -0.05) is 38.1 Å². The first kappa shape index (κ1) is 33.7. The van der Waals surface area contributed by atoms with E-state index in [2.05, 4.69) is 15.7 Å². The minimum atomic E-state index is -1.21. The van der Waals surface area contributed by atoms with E-state index in [-0.39, 0.29) is 49.5 Å². The van der Waals surface area contributed by atoms with Crippen LogP contribution in [0.15, 0.2) is 36.5 Å². The SMILES string of the molecule is CC(C)C(=O)CCC(=O)N1CCC(c2nn(CC(O)NCC(=O)NCC(=O)O)c3cccc(-c4ccc5cnn(C)c5c4F)c23)CC1. The molecule has 4 N–H and O–H groups in total. The van der Waals surface area contributed by atoms with Gasteiger partial charge in [-0.15, -0.1) is 0 Å². The number of Topliss-reactive ketones (excluding diaryl/α,β-unsaturated/α-hetero) is 1. The third-order valence-electron chi connectivity index (χ3n) is 8.68. The number of aliphatic hydroxyl groups excluding tert-OH is 1. The van der Waals surface area contributed by atoms with Crippen molar-refractivity contribution in [3.8, 4) is 11.1 Å². The number of hydrogen-bond acceptors (Lipinski definition) is 8. The molecule has 2 amide bonds. The van der Waals surface area contributed by atoms with E-state index in [1.54, 1.807) is 35.0 Å². The number of rotatable bonds is 13. The quantitative estimate of drug-likeness (QED) is 0.159. The van der Waals surface area contributed by atoms with Crippen LogP contribution in [0.3, 0.4) is 0 Å². The lowest BCUT2D eigenvalue weighted by atomic mass is 9.88. The second kappa shape index (κ2) is 14.4. The van der Waals surface area contributed by atoms with Gasteiger partial charge in [-0.25, -0.2) is 4.39 Å². The summed E-state index contributed by atoms with van der Waals surface area (Å²) in [5.41, 5.74) is 2.75. The van der Waals surface area contributed by atoms with Crippen molar-refractivity contribution in [2.24, 2.45) is 13.0 Å². The molecule has 4 aromatic rings. The molecule has 0 spiro atoms. The van der Waals surface area contributed by atoms with E-state index in [1.165, 1.54) is 4.68 Å². The van der Waals surface area contributed by atoms with E-state index in [9.17, 15) is 24.3 Å². The summed E-state index contributed by atoms with van der Waals surface area (Å²) in [5.74, 6) is -2.36. The number of aryl methyl sites for hydroxylation is 1. The Hall–Kier alpha value is -4.69. The Morgan fingerprint density at radius 3 is 2.49 bits per heavy atom. The summed E-state index contributed by atoms with van der Waals surface area (Å²) in [4.78, 5) is 49.5. The summed E-state index contributed by atoms with van der Waals surface area (Å²) >= 11 is 0. The third kappa shape index (κ3) is 7.49. The first-order valence-electron chi connectivity index (χ1n) is 15.7. The fourth-order valence-electron chi connectivity index (χ4n) is 6.09. The molecular weight excluding hydrogens is 609 g/mol. The fraction of sp³-hybridized carbons (Fsp3) is 0.455. The highest BCUT2D eigenvalue weighted by atomic mass is 19.1. The van der Waals surface area contributed by atoms with Crippen molar-refractivity contribution in [1.82, 2.24) is 35.1 Å². The molecule has 3 heterocycles. The molecular formula is C33H40FN7O6. The minimum Gasteiger partial charge on any atom is -0.480 e. The van der Waals surface area contributed by atoms with Crippen molar-refractivity contribution >= 4 is 45.4 Å². The fourth-order valence-corrected chi connectivity index (χ4v) is 6.09. The van der Waals surface area contributed by atoms with Crippen LogP contribution in [0, 0.1) is 11.7 Å². The van der Waals surface area contributed by atoms with Crippen LogP contribution in [0.5, 0.6) is 0 Å². The maximum absolute atomic E-state index is 16.1. The molecule has 1 atom stereocenters. The van der Waals surface area contributed by atoms with E-state index in [0.29, 0.717) is 59.2 Å². The molecule has 0 bridgehead atoms. The number of piperidine rings is 1. The number of amides is 2. The van der Waals surface area contributed by atoms with Gasteiger partial charge in [-0.05, 0) is 24.5 Å². The Morgan fingerprint density at radius 1 is 1.04 bits per heavy atom. The molecule has 14 heteroatoms. The summed E-state index contributed by atoms with van der Waals surface area (Å²) in [5, 5.41) is 35.0. The largest absolute Gasteiger partial charge is 0.480 e. The van der Waals surface area contributed by atoms with Gasteiger partial charge in [0.15, 0.2) is 5.82 Å². The monoisotopic (exact) mass is 649 g/mol.